The number of cyclic esters (lactones) is 1. The summed E-state index contributed by atoms with van der Waals surface area (Å²) in [6.07, 6.45) is 0. The number of methoxy groups -OCH3 is 1. The van der Waals surface area contributed by atoms with Gasteiger partial charge in [0.15, 0.2) is 5.60 Å². The zero-order valence-corrected chi connectivity index (χ0v) is 23.0. The summed E-state index contributed by atoms with van der Waals surface area (Å²) >= 11 is 0. The topological polar surface area (TPSA) is 71.0 Å². The summed E-state index contributed by atoms with van der Waals surface area (Å²) in [5, 5.41) is 15.0. The van der Waals surface area contributed by atoms with Gasteiger partial charge in [0.1, 0.15) is 11.5 Å². The molecular weight excluding hydrogens is 488 g/mol. The number of esters is 1. The van der Waals surface area contributed by atoms with Gasteiger partial charge in [-0.15, -0.1) is 0 Å². The van der Waals surface area contributed by atoms with Crippen molar-refractivity contribution in [3.63, 3.8) is 0 Å². The number of hydrogen-bond donors (Lipinski definition) is 2. The molecule has 0 saturated heterocycles. The fourth-order valence-electron chi connectivity index (χ4n) is 5.50. The Kier molecular flexibility index (Phi) is 6.96. The van der Waals surface area contributed by atoms with E-state index >= 15 is 0 Å². The van der Waals surface area contributed by atoms with Crippen LogP contribution in [-0.2, 0) is 10.3 Å². The van der Waals surface area contributed by atoms with Crippen LogP contribution in [0.4, 0.5) is 17.1 Å². The molecule has 39 heavy (non-hydrogen) atoms. The third-order valence-electron chi connectivity index (χ3n) is 7.48. The first-order valence-corrected chi connectivity index (χ1v) is 13.3. The van der Waals surface area contributed by atoms with E-state index in [9.17, 15) is 9.90 Å². The van der Waals surface area contributed by atoms with Gasteiger partial charge >= 0.3 is 5.97 Å². The number of carbonyl (C=O) groups is 1. The first-order chi connectivity index (χ1) is 18.8. The molecule has 1 heterocycles. The molecule has 0 amide bonds. The Balaban J connectivity index is 1.77. The molecule has 0 bridgehead atoms. The third-order valence-corrected chi connectivity index (χ3v) is 7.48. The van der Waals surface area contributed by atoms with Crippen molar-refractivity contribution in [2.45, 2.75) is 33.3 Å². The van der Waals surface area contributed by atoms with Crippen LogP contribution in [0.15, 0.2) is 78.9 Å². The van der Waals surface area contributed by atoms with Crippen LogP contribution < -0.4 is 15.0 Å². The van der Waals surface area contributed by atoms with Crippen LogP contribution in [0.25, 0.3) is 0 Å². The number of rotatable bonds is 8. The largest absolute Gasteiger partial charge is 0.507 e. The summed E-state index contributed by atoms with van der Waals surface area (Å²) < 4.78 is 12.2. The maximum atomic E-state index is 13.3. The van der Waals surface area contributed by atoms with E-state index in [1.807, 2.05) is 74.5 Å². The van der Waals surface area contributed by atoms with Crippen LogP contribution >= 0.6 is 0 Å². The molecule has 0 fully saturated rings. The molecule has 1 atom stereocenters. The molecule has 4 aromatic rings. The summed E-state index contributed by atoms with van der Waals surface area (Å²) in [4.78, 5) is 15.5. The molecule has 6 nitrogen and oxygen atoms in total. The van der Waals surface area contributed by atoms with Gasteiger partial charge < -0.3 is 24.8 Å². The number of phenols is 1. The SMILES string of the molecule is CCN(CC)c1ccc(C2(c3cc(Nc4cccc(C)c4)c(C)cc3OC)OC(=O)c3ccccc32)c(O)c1. The average Bonchev–Trinajstić information content (AvgIpc) is 3.23. The van der Waals surface area contributed by atoms with Gasteiger partial charge in [-0.1, -0.05) is 30.3 Å². The van der Waals surface area contributed by atoms with Gasteiger partial charge in [-0.25, -0.2) is 4.79 Å². The van der Waals surface area contributed by atoms with Gasteiger partial charge in [-0.3, -0.25) is 0 Å². The van der Waals surface area contributed by atoms with E-state index in [1.54, 1.807) is 19.2 Å². The molecule has 6 heteroatoms. The Labute approximate surface area is 229 Å². The fraction of sp³-hybridized carbons (Fsp3) is 0.242. The lowest BCUT2D eigenvalue weighted by atomic mass is 9.78. The number of carbonyl (C=O) groups excluding carboxylic acids is 1. The number of ether oxygens (including phenoxy) is 2. The van der Waals surface area contributed by atoms with Gasteiger partial charge in [0.2, 0.25) is 0 Å². The van der Waals surface area contributed by atoms with Crippen LogP contribution in [0.2, 0.25) is 0 Å². The average molecular weight is 523 g/mol. The molecule has 1 aliphatic rings. The Morgan fingerprint density at radius 2 is 1.67 bits per heavy atom. The van der Waals surface area contributed by atoms with Crippen LogP contribution in [0, 0.1) is 13.8 Å². The van der Waals surface area contributed by atoms with E-state index in [1.165, 1.54) is 0 Å². The molecular formula is C33H34N2O4. The minimum atomic E-state index is -1.42. The molecule has 4 aromatic carbocycles. The number of nitrogens with zero attached hydrogens (tertiary/aromatic N) is 1. The fourth-order valence-corrected chi connectivity index (χ4v) is 5.50. The predicted octanol–water partition coefficient (Wildman–Crippen LogP) is 7.07. The maximum absolute atomic E-state index is 13.3. The molecule has 0 aromatic heterocycles. The van der Waals surface area contributed by atoms with Crippen molar-refractivity contribution in [2.24, 2.45) is 0 Å². The number of aromatic hydroxyl groups is 1. The van der Waals surface area contributed by atoms with Gasteiger partial charge in [0.25, 0.3) is 0 Å². The van der Waals surface area contributed by atoms with Gasteiger partial charge in [-0.2, -0.15) is 0 Å². The zero-order chi connectivity index (χ0) is 27.7. The summed E-state index contributed by atoms with van der Waals surface area (Å²) in [6.45, 7) is 9.81. The molecule has 1 aliphatic heterocycles. The van der Waals surface area contributed by atoms with Gasteiger partial charge in [-0.05, 0) is 81.3 Å². The zero-order valence-electron chi connectivity index (χ0n) is 23.0. The normalized spacial score (nSPS) is 16.0. The minimum absolute atomic E-state index is 0.0414. The van der Waals surface area contributed by atoms with Crippen molar-refractivity contribution in [2.75, 3.05) is 30.4 Å². The second-order valence-corrected chi connectivity index (χ2v) is 9.85. The summed E-state index contributed by atoms with van der Waals surface area (Å²) in [7, 11) is 1.60. The van der Waals surface area contributed by atoms with Crippen molar-refractivity contribution in [3.8, 4) is 11.5 Å². The van der Waals surface area contributed by atoms with Crippen molar-refractivity contribution in [3.05, 3.63) is 112 Å². The van der Waals surface area contributed by atoms with Crippen LogP contribution in [0.3, 0.4) is 0 Å². The molecule has 200 valence electrons. The number of nitrogens with one attached hydrogen (secondary N) is 1. The third kappa shape index (κ3) is 4.46. The van der Waals surface area contributed by atoms with E-state index in [2.05, 4.69) is 30.1 Å². The van der Waals surface area contributed by atoms with E-state index in [0.29, 0.717) is 28.0 Å². The smallest absolute Gasteiger partial charge is 0.340 e. The van der Waals surface area contributed by atoms with Crippen LogP contribution in [-0.4, -0.2) is 31.3 Å². The minimum Gasteiger partial charge on any atom is -0.507 e. The van der Waals surface area contributed by atoms with Crippen molar-refractivity contribution in [1.29, 1.82) is 0 Å². The molecule has 0 radical (unpaired) electrons. The van der Waals surface area contributed by atoms with Gasteiger partial charge in [0.05, 0.1) is 12.7 Å². The lowest BCUT2D eigenvalue weighted by Gasteiger charge is -2.33. The second kappa shape index (κ2) is 10.4. The number of phenolic OH excluding ortho intramolecular Hbond substituents is 1. The lowest BCUT2D eigenvalue weighted by Crippen LogP contribution is -2.31. The highest BCUT2D eigenvalue weighted by Gasteiger charge is 2.51. The Hall–Kier alpha value is -4.45. The lowest BCUT2D eigenvalue weighted by molar-refractivity contribution is 0.0239. The molecule has 0 saturated carbocycles. The quantitative estimate of drug-likeness (QED) is 0.241. The summed E-state index contributed by atoms with van der Waals surface area (Å²) in [5.74, 6) is 0.146. The standard InChI is InChI=1S/C33H34N2O4/c1-6-35(7-2)24-15-16-27(30(36)19-24)33(26-14-9-8-13-25(26)32(37)39-33)28-20-29(22(4)18-31(28)38-5)34-23-12-10-11-21(3)17-23/h8-20,34,36H,6-7H2,1-5H3. The highest BCUT2D eigenvalue weighted by Crippen LogP contribution is 2.53. The van der Waals surface area contributed by atoms with Gasteiger partial charge in [0, 0.05) is 52.9 Å². The first-order valence-electron chi connectivity index (χ1n) is 13.3. The molecule has 5 rings (SSSR count). The second-order valence-electron chi connectivity index (χ2n) is 9.85. The Morgan fingerprint density at radius 3 is 2.36 bits per heavy atom. The summed E-state index contributed by atoms with van der Waals surface area (Å²) in [6, 6.07) is 24.9. The Morgan fingerprint density at radius 1 is 0.897 bits per heavy atom. The number of anilines is 3. The van der Waals surface area contributed by atoms with E-state index in [0.717, 1.165) is 41.3 Å². The van der Waals surface area contributed by atoms with Crippen LogP contribution in [0.1, 0.15) is 52.0 Å². The number of fused-ring (bicyclic) bond motifs is 1. The Bertz CT molecular complexity index is 1540. The van der Waals surface area contributed by atoms with Crippen molar-refractivity contribution in [1.82, 2.24) is 0 Å². The number of hydrogen-bond acceptors (Lipinski definition) is 6. The maximum Gasteiger partial charge on any atom is 0.340 e. The predicted molar refractivity (Wildman–Crippen MR) is 156 cm³/mol. The van der Waals surface area contributed by atoms with E-state index < -0.39 is 11.6 Å². The number of benzene rings is 4. The van der Waals surface area contributed by atoms with Crippen molar-refractivity contribution < 1.29 is 19.4 Å². The van der Waals surface area contributed by atoms with Crippen molar-refractivity contribution >= 4 is 23.0 Å². The number of aryl methyl sites for hydroxylation is 2. The highest BCUT2D eigenvalue weighted by molar-refractivity contribution is 5.97. The molecule has 0 spiro atoms. The monoisotopic (exact) mass is 522 g/mol. The first kappa shape index (κ1) is 26.2. The van der Waals surface area contributed by atoms with E-state index in [-0.39, 0.29) is 5.75 Å². The highest BCUT2D eigenvalue weighted by atomic mass is 16.6. The molecule has 0 aliphatic carbocycles. The molecule has 2 N–H and O–H groups in total. The molecule has 1 unspecified atom stereocenters. The van der Waals surface area contributed by atoms with Crippen LogP contribution in [0.5, 0.6) is 11.5 Å². The van der Waals surface area contributed by atoms with E-state index in [4.69, 9.17) is 9.47 Å². The summed E-state index contributed by atoms with van der Waals surface area (Å²) in [5.41, 5.74) is 5.58.